The zero-order valence-electron chi connectivity index (χ0n) is 6.52. The molecule has 58 valence electrons. The van der Waals surface area contributed by atoms with Gasteiger partial charge in [0, 0.05) is 18.6 Å². The molecular weight excluding hydrogens is 152 g/mol. The molecule has 0 bridgehead atoms. The van der Waals surface area contributed by atoms with Crippen LogP contribution in [0.2, 0.25) is 0 Å². The number of fused-ring (bicyclic) bond motifs is 1. The van der Waals surface area contributed by atoms with Gasteiger partial charge in [0.2, 0.25) is 0 Å². The second-order valence-electron chi connectivity index (χ2n) is 2.50. The van der Waals surface area contributed by atoms with Crippen LogP contribution in [-0.4, -0.2) is 14.4 Å². The van der Waals surface area contributed by atoms with E-state index in [9.17, 15) is 0 Å². The minimum absolute atomic E-state index is 0.375. The summed E-state index contributed by atoms with van der Waals surface area (Å²) in [5, 5.41) is 8.71. The average Bonchev–Trinajstić information content (AvgIpc) is 2.50. The van der Waals surface area contributed by atoms with Crippen LogP contribution in [0.4, 0.5) is 0 Å². The predicted octanol–water partition coefficient (Wildman–Crippen LogP) is 0.909. The average molecular weight is 158 g/mol. The van der Waals surface area contributed by atoms with E-state index in [0.717, 1.165) is 5.69 Å². The smallest absolute Gasteiger partial charge is 0.184 e. The quantitative estimate of drug-likeness (QED) is 0.572. The molecule has 0 saturated heterocycles. The Morgan fingerprint density at radius 1 is 1.58 bits per heavy atom. The number of nitriles is 1. The van der Waals surface area contributed by atoms with Crippen molar-refractivity contribution in [3.05, 3.63) is 30.0 Å². The number of aryl methyl sites for hydroxylation is 1. The lowest BCUT2D eigenvalue weighted by Gasteiger charge is -1.96. The lowest BCUT2D eigenvalue weighted by molar-refractivity contribution is 1.05. The first-order chi connectivity index (χ1) is 5.81. The van der Waals surface area contributed by atoms with Gasteiger partial charge >= 0.3 is 0 Å². The summed E-state index contributed by atoms with van der Waals surface area (Å²) in [5.41, 5.74) is 1.81. The molecule has 4 nitrogen and oxygen atoms in total. The molecule has 12 heavy (non-hydrogen) atoms. The second-order valence-corrected chi connectivity index (χ2v) is 2.50. The van der Waals surface area contributed by atoms with Crippen molar-refractivity contribution in [2.75, 3.05) is 0 Å². The Hall–Kier alpha value is -1.89. The zero-order valence-corrected chi connectivity index (χ0v) is 6.52. The molecule has 2 heterocycles. The highest BCUT2D eigenvalue weighted by atomic mass is 15.0. The van der Waals surface area contributed by atoms with Crippen LogP contribution in [0.15, 0.2) is 18.6 Å². The number of hydrogen-bond acceptors (Lipinski definition) is 3. The van der Waals surface area contributed by atoms with E-state index < -0.39 is 0 Å². The Kier molecular flexibility index (Phi) is 1.31. The van der Waals surface area contributed by atoms with Gasteiger partial charge in [0.15, 0.2) is 11.3 Å². The standard InChI is InChI=1S/C8H6N4/c1-6-5-12-3-2-10-8(12)7(4-9)11-6/h2-3,5H,1H3. The molecule has 0 saturated carbocycles. The number of imidazole rings is 1. The van der Waals surface area contributed by atoms with Gasteiger partial charge in [-0.25, -0.2) is 9.97 Å². The number of hydrogen-bond donors (Lipinski definition) is 0. The van der Waals surface area contributed by atoms with Crippen molar-refractivity contribution in [1.29, 1.82) is 5.26 Å². The van der Waals surface area contributed by atoms with Crippen molar-refractivity contribution in [3.8, 4) is 6.07 Å². The Morgan fingerprint density at radius 3 is 3.17 bits per heavy atom. The van der Waals surface area contributed by atoms with E-state index in [0.29, 0.717) is 11.3 Å². The molecule has 4 heteroatoms. The van der Waals surface area contributed by atoms with Gasteiger partial charge in [-0.2, -0.15) is 5.26 Å². The summed E-state index contributed by atoms with van der Waals surface area (Å²) in [4.78, 5) is 8.06. The molecular formula is C8H6N4. The van der Waals surface area contributed by atoms with Crippen molar-refractivity contribution in [2.24, 2.45) is 0 Å². The van der Waals surface area contributed by atoms with Gasteiger partial charge in [0.05, 0.1) is 5.69 Å². The third kappa shape index (κ3) is 0.839. The van der Waals surface area contributed by atoms with Crippen molar-refractivity contribution in [3.63, 3.8) is 0 Å². The van der Waals surface area contributed by atoms with Crippen molar-refractivity contribution >= 4 is 5.65 Å². The maximum absolute atomic E-state index is 8.71. The van der Waals surface area contributed by atoms with E-state index in [4.69, 9.17) is 5.26 Å². The van der Waals surface area contributed by atoms with Crippen molar-refractivity contribution in [2.45, 2.75) is 6.92 Å². The highest BCUT2D eigenvalue weighted by molar-refractivity contribution is 5.50. The highest BCUT2D eigenvalue weighted by Gasteiger charge is 2.02. The molecule has 2 aromatic heterocycles. The van der Waals surface area contributed by atoms with Crippen LogP contribution < -0.4 is 0 Å². The van der Waals surface area contributed by atoms with Crippen LogP contribution in [0.3, 0.4) is 0 Å². The minimum Gasteiger partial charge on any atom is -0.303 e. The molecule has 0 amide bonds. The normalized spacial score (nSPS) is 10.0. The summed E-state index contributed by atoms with van der Waals surface area (Å²) >= 11 is 0. The summed E-state index contributed by atoms with van der Waals surface area (Å²) in [6.45, 7) is 1.85. The van der Waals surface area contributed by atoms with Crippen molar-refractivity contribution in [1.82, 2.24) is 14.4 Å². The summed E-state index contributed by atoms with van der Waals surface area (Å²) in [5.74, 6) is 0. The van der Waals surface area contributed by atoms with E-state index in [-0.39, 0.29) is 0 Å². The molecule has 0 atom stereocenters. The number of rotatable bonds is 0. The van der Waals surface area contributed by atoms with Gasteiger partial charge in [0.1, 0.15) is 6.07 Å². The van der Waals surface area contributed by atoms with E-state index in [1.807, 2.05) is 19.2 Å². The number of aromatic nitrogens is 3. The Balaban J connectivity index is 2.91. The lowest BCUT2D eigenvalue weighted by atomic mass is 10.4. The molecule has 0 aromatic carbocycles. The third-order valence-electron chi connectivity index (χ3n) is 1.60. The fraction of sp³-hybridized carbons (Fsp3) is 0.125. The molecule has 2 rings (SSSR count). The molecule has 0 aliphatic heterocycles. The van der Waals surface area contributed by atoms with E-state index in [1.54, 1.807) is 16.8 Å². The monoisotopic (exact) mass is 158 g/mol. The first-order valence-electron chi connectivity index (χ1n) is 3.51. The van der Waals surface area contributed by atoms with Gasteiger partial charge < -0.3 is 4.40 Å². The zero-order chi connectivity index (χ0) is 8.55. The lowest BCUT2D eigenvalue weighted by Crippen LogP contribution is -1.94. The molecule has 0 radical (unpaired) electrons. The van der Waals surface area contributed by atoms with Crippen LogP contribution in [0.25, 0.3) is 5.65 Å². The minimum atomic E-state index is 0.375. The van der Waals surface area contributed by atoms with E-state index in [1.165, 1.54) is 0 Å². The fourth-order valence-corrected chi connectivity index (χ4v) is 1.13. The van der Waals surface area contributed by atoms with Gasteiger partial charge in [-0.15, -0.1) is 0 Å². The summed E-state index contributed by atoms with van der Waals surface area (Å²) in [6, 6.07) is 2.00. The molecule has 0 aliphatic rings. The molecule has 0 fully saturated rings. The van der Waals surface area contributed by atoms with Crippen LogP contribution in [0.1, 0.15) is 11.4 Å². The highest BCUT2D eigenvalue weighted by Crippen LogP contribution is 2.05. The maximum atomic E-state index is 8.71. The van der Waals surface area contributed by atoms with Gasteiger partial charge in [-0.05, 0) is 6.92 Å². The van der Waals surface area contributed by atoms with Gasteiger partial charge in [-0.3, -0.25) is 0 Å². The largest absolute Gasteiger partial charge is 0.303 e. The molecule has 0 spiro atoms. The van der Waals surface area contributed by atoms with Crippen molar-refractivity contribution < 1.29 is 0 Å². The van der Waals surface area contributed by atoms with Crippen LogP contribution in [0.5, 0.6) is 0 Å². The topological polar surface area (TPSA) is 54.0 Å². The van der Waals surface area contributed by atoms with E-state index in [2.05, 4.69) is 9.97 Å². The molecule has 0 N–H and O–H groups in total. The van der Waals surface area contributed by atoms with Crippen LogP contribution in [0, 0.1) is 18.3 Å². The second kappa shape index (κ2) is 2.31. The van der Waals surface area contributed by atoms with Gasteiger partial charge in [0.25, 0.3) is 0 Å². The van der Waals surface area contributed by atoms with Crippen LogP contribution in [-0.2, 0) is 0 Å². The summed E-state index contributed by atoms with van der Waals surface area (Å²) in [6.07, 6.45) is 5.28. The SMILES string of the molecule is Cc1cn2ccnc2c(C#N)n1. The number of nitrogens with zero attached hydrogens (tertiary/aromatic N) is 4. The predicted molar refractivity (Wildman–Crippen MR) is 42.4 cm³/mol. The Labute approximate surface area is 69.1 Å². The third-order valence-corrected chi connectivity index (χ3v) is 1.60. The summed E-state index contributed by atoms with van der Waals surface area (Å²) in [7, 11) is 0. The van der Waals surface area contributed by atoms with E-state index >= 15 is 0 Å². The Bertz CT molecular complexity index is 463. The first kappa shape index (κ1) is 6.80. The summed E-state index contributed by atoms with van der Waals surface area (Å²) < 4.78 is 1.79. The van der Waals surface area contributed by atoms with Crippen LogP contribution >= 0.6 is 0 Å². The first-order valence-corrected chi connectivity index (χ1v) is 3.51. The fourth-order valence-electron chi connectivity index (χ4n) is 1.13. The maximum Gasteiger partial charge on any atom is 0.184 e. The Morgan fingerprint density at radius 2 is 2.42 bits per heavy atom. The molecule has 0 aliphatic carbocycles. The van der Waals surface area contributed by atoms with Gasteiger partial charge in [-0.1, -0.05) is 0 Å². The molecule has 0 unspecified atom stereocenters. The molecule has 2 aromatic rings.